The van der Waals surface area contributed by atoms with Gasteiger partial charge in [0.2, 0.25) is 5.91 Å². The SMILES string of the molecule is C[C@@H]1C[C@H](Oc2ncccc2F)CCN1C(=O)Cn1nc(C(=O)N2CCC(O)CC2)c2c1C[C@H]1C[C@@H]21. The molecule has 2 aromatic heterocycles. The highest BCUT2D eigenvalue weighted by Crippen LogP contribution is 2.57. The molecule has 0 spiro atoms. The summed E-state index contributed by atoms with van der Waals surface area (Å²) < 4.78 is 21.5. The lowest BCUT2D eigenvalue weighted by Crippen LogP contribution is -2.48. The van der Waals surface area contributed by atoms with E-state index in [1.165, 1.54) is 18.3 Å². The molecule has 1 saturated carbocycles. The third-order valence-corrected chi connectivity index (χ3v) is 8.24. The van der Waals surface area contributed by atoms with Crippen LogP contribution in [0.3, 0.4) is 0 Å². The Morgan fingerprint density at radius 1 is 1.19 bits per heavy atom. The number of nitrogens with zero attached hydrogens (tertiary/aromatic N) is 5. The van der Waals surface area contributed by atoms with Crippen LogP contribution in [-0.4, -0.2) is 79.4 Å². The van der Waals surface area contributed by atoms with Crippen LogP contribution < -0.4 is 4.74 Å². The second-order valence-electron chi connectivity index (χ2n) is 10.7. The Labute approximate surface area is 209 Å². The van der Waals surface area contributed by atoms with Crippen molar-refractivity contribution in [3.63, 3.8) is 0 Å². The molecule has 0 aromatic carbocycles. The molecule has 2 saturated heterocycles. The summed E-state index contributed by atoms with van der Waals surface area (Å²) in [6.07, 6.45) is 5.27. The van der Waals surface area contributed by atoms with E-state index in [-0.39, 0.29) is 42.5 Å². The van der Waals surface area contributed by atoms with E-state index in [0.717, 1.165) is 24.1 Å². The first-order chi connectivity index (χ1) is 17.4. The zero-order valence-corrected chi connectivity index (χ0v) is 20.5. The molecule has 36 heavy (non-hydrogen) atoms. The molecule has 2 aliphatic heterocycles. The summed E-state index contributed by atoms with van der Waals surface area (Å²) in [5, 5.41) is 14.5. The Kier molecular flexibility index (Phi) is 5.94. The number of amides is 2. The van der Waals surface area contributed by atoms with Crippen LogP contribution in [0.1, 0.15) is 66.7 Å². The summed E-state index contributed by atoms with van der Waals surface area (Å²) in [5.41, 5.74) is 2.57. The summed E-state index contributed by atoms with van der Waals surface area (Å²) in [7, 11) is 0. The van der Waals surface area contributed by atoms with E-state index < -0.39 is 5.82 Å². The zero-order valence-electron chi connectivity index (χ0n) is 20.5. The Morgan fingerprint density at radius 3 is 2.75 bits per heavy atom. The minimum absolute atomic E-state index is 0.000516. The van der Waals surface area contributed by atoms with Gasteiger partial charge in [-0.25, -0.2) is 9.37 Å². The number of halogens is 1. The van der Waals surface area contributed by atoms with Gasteiger partial charge in [-0.2, -0.15) is 5.10 Å². The standard InChI is InChI=1S/C26H32FN5O4/c1-15-11-18(36-25-20(27)3-2-7-28-25)6-10-31(15)22(34)14-32-21-13-16-12-19(16)23(21)24(29-32)26(35)30-8-4-17(33)5-9-30/h2-3,7,15-19,33H,4-6,8-14H2,1H3/t15-,16-,18-,19-/m1/s1. The van der Waals surface area contributed by atoms with Crippen molar-refractivity contribution in [2.75, 3.05) is 19.6 Å². The maximum Gasteiger partial charge on any atom is 0.274 e. The van der Waals surface area contributed by atoms with Crippen LogP contribution in [0.15, 0.2) is 18.3 Å². The molecule has 192 valence electrons. The third-order valence-electron chi connectivity index (χ3n) is 8.24. The number of carbonyl (C=O) groups is 2. The number of aliphatic hydroxyl groups excluding tert-OH is 1. The number of piperidine rings is 2. The fourth-order valence-corrected chi connectivity index (χ4v) is 6.14. The number of fused-ring (bicyclic) bond motifs is 3. The predicted molar refractivity (Wildman–Crippen MR) is 127 cm³/mol. The Balaban J connectivity index is 1.13. The van der Waals surface area contributed by atoms with Crippen molar-refractivity contribution in [3.05, 3.63) is 41.1 Å². The molecule has 6 rings (SSSR count). The highest BCUT2D eigenvalue weighted by molar-refractivity contribution is 5.95. The molecule has 3 fully saturated rings. The third kappa shape index (κ3) is 4.25. The fraction of sp³-hybridized carbons (Fsp3) is 0.615. The first-order valence-electron chi connectivity index (χ1n) is 13.0. The molecule has 2 amide bonds. The number of aromatic nitrogens is 3. The number of rotatable bonds is 5. The smallest absolute Gasteiger partial charge is 0.274 e. The Bertz CT molecular complexity index is 1180. The number of likely N-dealkylation sites (tertiary alicyclic amines) is 2. The first kappa shape index (κ1) is 23.4. The van der Waals surface area contributed by atoms with Gasteiger partial charge >= 0.3 is 0 Å². The molecule has 1 N–H and O–H groups in total. The van der Waals surface area contributed by atoms with Gasteiger partial charge in [0.15, 0.2) is 11.5 Å². The van der Waals surface area contributed by atoms with Crippen molar-refractivity contribution in [1.29, 1.82) is 0 Å². The van der Waals surface area contributed by atoms with Gasteiger partial charge in [-0.1, -0.05) is 0 Å². The van der Waals surface area contributed by atoms with Crippen LogP contribution in [0.2, 0.25) is 0 Å². The number of carbonyl (C=O) groups excluding carboxylic acids is 2. The number of aliphatic hydroxyl groups is 1. The van der Waals surface area contributed by atoms with Crippen LogP contribution in [-0.2, 0) is 17.8 Å². The lowest BCUT2D eigenvalue weighted by molar-refractivity contribution is -0.136. The average Bonchev–Trinajstić information content (AvgIpc) is 3.39. The molecule has 2 aliphatic carbocycles. The van der Waals surface area contributed by atoms with Crippen molar-refractivity contribution >= 4 is 11.8 Å². The molecule has 10 heteroatoms. The molecule has 4 heterocycles. The van der Waals surface area contributed by atoms with Gasteiger partial charge < -0.3 is 19.6 Å². The van der Waals surface area contributed by atoms with E-state index in [1.54, 1.807) is 9.58 Å². The van der Waals surface area contributed by atoms with Gasteiger partial charge in [-0.3, -0.25) is 14.3 Å². The Hall–Kier alpha value is -3.01. The number of pyridine rings is 1. The van der Waals surface area contributed by atoms with Gasteiger partial charge in [-0.15, -0.1) is 0 Å². The van der Waals surface area contributed by atoms with Gasteiger partial charge in [0.25, 0.3) is 11.8 Å². The lowest BCUT2D eigenvalue weighted by atomic mass is 10.0. The summed E-state index contributed by atoms with van der Waals surface area (Å²) in [4.78, 5) is 34.3. The second kappa shape index (κ2) is 9.14. The average molecular weight is 498 g/mol. The fourth-order valence-electron chi connectivity index (χ4n) is 6.14. The normalized spacial score (nSPS) is 27.5. The number of hydrogen-bond acceptors (Lipinski definition) is 6. The molecule has 0 bridgehead atoms. The zero-order chi connectivity index (χ0) is 25.0. The van der Waals surface area contributed by atoms with E-state index in [9.17, 15) is 19.1 Å². The summed E-state index contributed by atoms with van der Waals surface area (Å²) in [6.45, 7) is 3.66. The molecule has 0 radical (unpaired) electrons. The Morgan fingerprint density at radius 2 is 2.00 bits per heavy atom. The minimum atomic E-state index is -0.486. The predicted octanol–water partition coefficient (Wildman–Crippen LogP) is 2.13. The maximum absolute atomic E-state index is 13.9. The van der Waals surface area contributed by atoms with Crippen molar-refractivity contribution < 1.29 is 23.8 Å². The first-order valence-corrected chi connectivity index (χ1v) is 13.0. The van der Waals surface area contributed by atoms with E-state index in [4.69, 9.17) is 4.74 Å². The van der Waals surface area contributed by atoms with Crippen LogP contribution in [0.5, 0.6) is 5.88 Å². The molecule has 2 aromatic rings. The quantitative estimate of drug-likeness (QED) is 0.679. The number of ether oxygens (including phenoxy) is 1. The molecular weight excluding hydrogens is 465 g/mol. The van der Waals surface area contributed by atoms with Crippen LogP contribution in [0.4, 0.5) is 4.39 Å². The van der Waals surface area contributed by atoms with Crippen LogP contribution in [0, 0.1) is 11.7 Å². The van der Waals surface area contributed by atoms with Gasteiger partial charge in [0.05, 0.1) is 6.10 Å². The molecule has 4 atom stereocenters. The van der Waals surface area contributed by atoms with Gasteiger partial charge in [0.1, 0.15) is 12.6 Å². The van der Waals surface area contributed by atoms with Crippen molar-refractivity contribution in [3.8, 4) is 5.88 Å². The van der Waals surface area contributed by atoms with Crippen LogP contribution in [0.25, 0.3) is 0 Å². The topological polar surface area (TPSA) is 101 Å². The van der Waals surface area contributed by atoms with E-state index in [0.29, 0.717) is 62.8 Å². The highest BCUT2D eigenvalue weighted by Gasteiger charge is 2.50. The van der Waals surface area contributed by atoms with E-state index >= 15 is 0 Å². The molecule has 4 aliphatic rings. The monoisotopic (exact) mass is 497 g/mol. The molecular formula is C26H32FN5O4. The van der Waals surface area contributed by atoms with Gasteiger partial charge in [0, 0.05) is 56.0 Å². The second-order valence-corrected chi connectivity index (χ2v) is 10.7. The lowest BCUT2D eigenvalue weighted by Gasteiger charge is -2.37. The molecule has 0 unspecified atom stereocenters. The van der Waals surface area contributed by atoms with Gasteiger partial charge in [-0.05, 0) is 56.6 Å². The number of hydrogen-bond donors (Lipinski definition) is 1. The highest BCUT2D eigenvalue weighted by atomic mass is 19.1. The summed E-state index contributed by atoms with van der Waals surface area (Å²) in [6, 6.07) is 2.78. The van der Waals surface area contributed by atoms with Crippen LogP contribution >= 0.6 is 0 Å². The summed E-state index contributed by atoms with van der Waals surface area (Å²) >= 11 is 0. The minimum Gasteiger partial charge on any atom is -0.472 e. The van der Waals surface area contributed by atoms with E-state index in [1.807, 2.05) is 11.8 Å². The molecule has 9 nitrogen and oxygen atoms in total. The van der Waals surface area contributed by atoms with Crippen molar-refractivity contribution in [1.82, 2.24) is 24.6 Å². The van der Waals surface area contributed by atoms with Crippen molar-refractivity contribution in [2.24, 2.45) is 5.92 Å². The largest absolute Gasteiger partial charge is 0.472 e. The van der Waals surface area contributed by atoms with Crippen molar-refractivity contribution in [2.45, 2.75) is 76.2 Å². The summed E-state index contributed by atoms with van der Waals surface area (Å²) in [5.74, 6) is 0.353. The maximum atomic E-state index is 13.9. The van der Waals surface area contributed by atoms with E-state index in [2.05, 4.69) is 10.1 Å².